The van der Waals surface area contributed by atoms with Crippen LogP contribution in [0.25, 0.3) is 0 Å². The van der Waals surface area contributed by atoms with E-state index in [1.807, 2.05) is 31.6 Å². The fraction of sp³-hybridized carbons (Fsp3) is 0.900. The van der Waals surface area contributed by atoms with Gasteiger partial charge in [0.05, 0.1) is 0 Å². The Morgan fingerprint density at radius 2 is 1.94 bits per heavy atom. The standard InChI is InChI=1S/C10H20BrNO2S2/c1-10(2,3)14-9(13)12-6-8-16-15-7-4-5-11/h4-8H2,1-3H3,(H,12,13). The summed E-state index contributed by atoms with van der Waals surface area (Å²) in [6.45, 7) is 6.23. The van der Waals surface area contributed by atoms with Gasteiger partial charge in [-0.05, 0) is 27.2 Å². The summed E-state index contributed by atoms with van der Waals surface area (Å²) in [7, 11) is 3.62. The Hall–Kier alpha value is 0.450. The maximum absolute atomic E-state index is 11.2. The zero-order valence-electron chi connectivity index (χ0n) is 10.0. The van der Waals surface area contributed by atoms with Crippen molar-refractivity contribution in [3.63, 3.8) is 0 Å². The van der Waals surface area contributed by atoms with Crippen LogP contribution in [0.3, 0.4) is 0 Å². The molecule has 96 valence electrons. The summed E-state index contributed by atoms with van der Waals surface area (Å²) >= 11 is 3.38. The summed E-state index contributed by atoms with van der Waals surface area (Å²) in [5.41, 5.74) is -0.415. The summed E-state index contributed by atoms with van der Waals surface area (Å²) in [6, 6.07) is 0. The van der Waals surface area contributed by atoms with Crippen LogP contribution >= 0.6 is 37.5 Å². The number of nitrogens with one attached hydrogen (secondary N) is 1. The number of carbonyl (C=O) groups is 1. The van der Waals surface area contributed by atoms with E-state index in [1.54, 1.807) is 10.8 Å². The molecule has 0 saturated heterocycles. The van der Waals surface area contributed by atoms with Gasteiger partial charge in [-0.3, -0.25) is 0 Å². The Balaban J connectivity index is 3.28. The van der Waals surface area contributed by atoms with E-state index in [-0.39, 0.29) is 6.09 Å². The van der Waals surface area contributed by atoms with Gasteiger partial charge >= 0.3 is 6.09 Å². The second kappa shape index (κ2) is 9.48. The third-order valence-corrected chi connectivity index (χ3v) is 4.35. The highest BCUT2D eigenvalue weighted by Crippen LogP contribution is 2.21. The Kier molecular flexibility index (Phi) is 9.74. The molecule has 0 aromatic heterocycles. The second-order valence-corrected chi connectivity index (χ2v) is 7.61. The van der Waals surface area contributed by atoms with Crippen molar-refractivity contribution in [3.8, 4) is 0 Å². The summed E-state index contributed by atoms with van der Waals surface area (Å²) in [5, 5.41) is 3.78. The Morgan fingerprint density at radius 1 is 1.31 bits per heavy atom. The van der Waals surface area contributed by atoms with Gasteiger partial charge in [-0.2, -0.15) is 0 Å². The first-order valence-electron chi connectivity index (χ1n) is 5.23. The molecule has 0 heterocycles. The highest BCUT2D eigenvalue weighted by molar-refractivity contribution is 9.09. The molecule has 0 spiro atoms. The van der Waals surface area contributed by atoms with Crippen molar-refractivity contribution >= 4 is 43.6 Å². The zero-order valence-corrected chi connectivity index (χ0v) is 13.3. The molecule has 16 heavy (non-hydrogen) atoms. The van der Waals surface area contributed by atoms with Crippen molar-refractivity contribution in [2.24, 2.45) is 0 Å². The number of amides is 1. The molecule has 0 rings (SSSR count). The zero-order chi connectivity index (χ0) is 12.4. The molecule has 0 aliphatic rings. The molecule has 0 aliphatic heterocycles. The fourth-order valence-corrected chi connectivity index (χ4v) is 3.39. The quantitative estimate of drug-likeness (QED) is 0.439. The van der Waals surface area contributed by atoms with Crippen LogP contribution in [0.15, 0.2) is 0 Å². The van der Waals surface area contributed by atoms with E-state index in [0.29, 0.717) is 6.54 Å². The third kappa shape index (κ3) is 12.5. The van der Waals surface area contributed by atoms with Gasteiger partial charge in [0, 0.05) is 23.4 Å². The van der Waals surface area contributed by atoms with Crippen LogP contribution in [-0.2, 0) is 4.74 Å². The van der Waals surface area contributed by atoms with Crippen molar-refractivity contribution in [3.05, 3.63) is 0 Å². The van der Waals surface area contributed by atoms with E-state index in [1.165, 1.54) is 6.42 Å². The SMILES string of the molecule is CC(C)(C)OC(=O)NCCSSCCCBr. The maximum Gasteiger partial charge on any atom is 0.407 e. The lowest BCUT2D eigenvalue weighted by Crippen LogP contribution is -2.33. The van der Waals surface area contributed by atoms with Crippen LogP contribution < -0.4 is 5.32 Å². The van der Waals surface area contributed by atoms with E-state index in [0.717, 1.165) is 16.8 Å². The van der Waals surface area contributed by atoms with Crippen molar-refractivity contribution < 1.29 is 9.53 Å². The number of hydrogen-bond acceptors (Lipinski definition) is 4. The van der Waals surface area contributed by atoms with Gasteiger partial charge in [0.2, 0.25) is 0 Å². The van der Waals surface area contributed by atoms with Crippen LogP contribution in [0.2, 0.25) is 0 Å². The minimum Gasteiger partial charge on any atom is -0.444 e. The van der Waals surface area contributed by atoms with Crippen molar-refractivity contribution in [2.45, 2.75) is 32.8 Å². The summed E-state index contributed by atoms with van der Waals surface area (Å²) in [5.74, 6) is 2.05. The highest BCUT2D eigenvalue weighted by Gasteiger charge is 2.15. The first kappa shape index (κ1) is 16.4. The number of alkyl halides is 1. The van der Waals surface area contributed by atoms with Gasteiger partial charge in [-0.1, -0.05) is 37.5 Å². The lowest BCUT2D eigenvalue weighted by molar-refractivity contribution is 0.0531. The van der Waals surface area contributed by atoms with E-state index < -0.39 is 5.60 Å². The third-order valence-electron chi connectivity index (χ3n) is 1.30. The molecule has 1 amide bonds. The summed E-state index contributed by atoms with van der Waals surface area (Å²) < 4.78 is 5.11. The highest BCUT2D eigenvalue weighted by atomic mass is 79.9. The van der Waals surface area contributed by atoms with Crippen molar-refractivity contribution in [2.75, 3.05) is 23.4 Å². The second-order valence-electron chi connectivity index (χ2n) is 4.12. The Morgan fingerprint density at radius 3 is 2.50 bits per heavy atom. The molecule has 0 atom stereocenters. The molecular formula is C10H20BrNO2S2. The number of alkyl carbamates (subject to hydrolysis) is 1. The molecule has 0 unspecified atom stereocenters. The van der Waals surface area contributed by atoms with E-state index in [4.69, 9.17) is 4.74 Å². The number of ether oxygens (including phenoxy) is 1. The minimum atomic E-state index is -0.415. The first-order chi connectivity index (χ1) is 7.45. The summed E-state index contributed by atoms with van der Waals surface area (Å²) in [6.07, 6.45) is 0.843. The van der Waals surface area contributed by atoms with Crippen LogP contribution in [-0.4, -0.2) is 35.1 Å². The average Bonchev–Trinajstić information content (AvgIpc) is 2.13. The molecule has 6 heteroatoms. The molecule has 0 aromatic carbocycles. The number of hydrogen-bond donors (Lipinski definition) is 1. The van der Waals surface area contributed by atoms with Crippen molar-refractivity contribution in [1.29, 1.82) is 0 Å². The Bertz CT molecular complexity index is 198. The number of rotatable bonds is 7. The van der Waals surface area contributed by atoms with E-state index in [2.05, 4.69) is 21.2 Å². The molecular weight excluding hydrogens is 310 g/mol. The van der Waals surface area contributed by atoms with Crippen LogP contribution in [0.5, 0.6) is 0 Å². The molecule has 0 aromatic rings. The maximum atomic E-state index is 11.2. The van der Waals surface area contributed by atoms with Gasteiger partial charge in [0.25, 0.3) is 0 Å². The smallest absolute Gasteiger partial charge is 0.407 e. The van der Waals surface area contributed by atoms with Crippen LogP contribution in [0, 0.1) is 0 Å². The normalized spacial score (nSPS) is 11.2. The Labute approximate surface area is 114 Å². The molecule has 1 N–H and O–H groups in total. The van der Waals surface area contributed by atoms with E-state index >= 15 is 0 Å². The molecule has 0 radical (unpaired) electrons. The number of carbonyl (C=O) groups excluding carboxylic acids is 1. The van der Waals surface area contributed by atoms with Gasteiger partial charge in [0.15, 0.2) is 0 Å². The minimum absolute atomic E-state index is 0.335. The lowest BCUT2D eigenvalue weighted by atomic mass is 10.2. The molecule has 0 aliphatic carbocycles. The largest absolute Gasteiger partial charge is 0.444 e. The summed E-state index contributed by atoms with van der Waals surface area (Å²) in [4.78, 5) is 11.2. The van der Waals surface area contributed by atoms with Crippen molar-refractivity contribution in [1.82, 2.24) is 5.32 Å². The lowest BCUT2D eigenvalue weighted by Gasteiger charge is -2.19. The first-order valence-corrected chi connectivity index (χ1v) is 8.84. The van der Waals surface area contributed by atoms with Gasteiger partial charge in [-0.15, -0.1) is 0 Å². The van der Waals surface area contributed by atoms with E-state index in [9.17, 15) is 4.79 Å². The molecule has 0 bridgehead atoms. The predicted octanol–water partition coefficient (Wildman–Crippen LogP) is 3.68. The number of halogens is 1. The van der Waals surface area contributed by atoms with Gasteiger partial charge < -0.3 is 10.1 Å². The topological polar surface area (TPSA) is 38.3 Å². The van der Waals surface area contributed by atoms with Gasteiger partial charge in [0.1, 0.15) is 5.60 Å². The monoisotopic (exact) mass is 329 g/mol. The molecule has 0 fully saturated rings. The fourth-order valence-electron chi connectivity index (χ4n) is 0.740. The van der Waals surface area contributed by atoms with Crippen LogP contribution in [0.4, 0.5) is 4.79 Å². The van der Waals surface area contributed by atoms with Crippen LogP contribution in [0.1, 0.15) is 27.2 Å². The van der Waals surface area contributed by atoms with Gasteiger partial charge in [-0.25, -0.2) is 4.79 Å². The molecule has 0 saturated carbocycles. The predicted molar refractivity (Wildman–Crippen MR) is 77.6 cm³/mol. The molecule has 3 nitrogen and oxygen atoms in total. The average molecular weight is 330 g/mol.